The molecule has 0 fully saturated rings. The van der Waals surface area contributed by atoms with Crippen molar-refractivity contribution in [2.75, 3.05) is 6.54 Å². The van der Waals surface area contributed by atoms with E-state index in [1.54, 1.807) is 6.92 Å². The van der Waals surface area contributed by atoms with Crippen molar-refractivity contribution in [2.24, 2.45) is 11.1 Å². The number of nitrogens with two attached hydrogens (primary N) is 1. The summed E-state index contributed by atoms with van der Waals surface area (Å²) in [4.78, 5) is 10.6. The molecule has 0 saturated heterocycles. The van der Waals surface area contributed by atoms with Gasteiger partial charge in [-0.15, -0.1) is 0 Å². The van der Waals surface area contributed by atoms with E-state index in [-0.39, 0.29) is 17.4 Å². The monoisotopic (exact) mass is 158 g/mol. The van der Waals surface area contributed by atoms with Gasteiger partial charge in [-0.05, 0) is 12.3 Å². The number of nitrogens with one attached hydrogen (secondary N) is 1. The molecule has 0 heterocycles. The van der Waals surface area contributed by atoms with E-state index in [0.717, 1.165) is 6.54 Å². The fourth-order valence-electron chi connectivity index (χ4n) is 0.560. The molecule has 0 rings (SSSR count). The summed E-state index contributed by atoms with van der Waals surface area (Å²) in [6.45, 7) is 8.89. The van der Waals surface area contributed by atoms with Crippen LogP contribution in [0.1, 0.15) is 27.7 Å². The maximum atomic E-state index is 10.6. The predicted octanol–water partition coefficient (Wildman–Crippen LogP) is 0.496. The third-order valence-electron chi connectivity index (χ3n) is 1.37. The molecular formula is C8H18N2O. The molecule has 3 nitrogen and oxygen atoms in total. The average molecular weight is 158 g/mol. The van der Waals surface area contributed by atoms with E-state index in [0.29, 0.717) is 0 Å². The van der Waals surface area contributed by atoms with Gasteiger partial charge in [-0.3, -0.25) is 4.79 Å². The van der Waals surface area contributed by atoms with E-state index in [1.807, 2.05) is 0 Å². The predicted molar refractivity (Wildman–Crippen MR) is 46.1 cm³/mol. The molecule has 0 radical (unpaired) electrons. The Morgan fingerprint density at radius 2 is 2.00 bits per heavy atom. The highest BCUT2D eigenvalue weighted by Gasteiger charge is 2.13. The molecule has 3 heteroatoms. The molecule has 0 aromatic heterocycles. The van der Waals surface area contributed by atoms with Gasteiger partial charge in [0.05, 0.1) is 6.04 Å². The van der Waals surface area contributed by atoms with Crippen molar-refractivity contribution < 1.29 is 4.79 Å². The molecule has 0 aliphatic rings. The Labute approximate surface area is 68.3 Å². The highest BCUT2D eigenvalue weighted by atomic mass is 16.1. The van der Waals surface area contributed by atoms with E-state index >= 15 is 0 Å². The quantitative estimate of drug-likeness (QED) is 0.628. The Balaban J connectivity index is 3.63. The lowest BCUT2D eigenvalue weighted by atomic mass is 9.96. The van der Waals surface area contributed by atoms with Gasteiger partial charge < -0.3 is 11.1 Å². The zero-order valence-corrected chi connectivity index (χ0v) is 7.77. The van der Waals surface area contributed by atoms with Crippen LogP contribution >= 0.6 is 0 Å². The summed E-state index contributed by atoms with van der Waals surface area (Å²) >= 11 is 0. The lowest BCUT2D eigenvalue weighted by molar-refractivity contribution is -0.119. The average Bonchev–Trinajstić information content (AvgIpc) is 1.80. The molecule has 0 aliphatic carbocycles. The van der Waals surface area contributed by atoms with Crippen molar-refractivity contribution in [3.05, 3.63) is 0 Å². The van der Waals surface area contributed by atoms with Crippen molar-refractivity contribution in [1.82, 2.24) is 5.32 Å². The Morgan fingerprint density at radius 3 is 2.27 bits per heavy atom. The van der Waals surface area contributed by atoms with Gasteiger partial charge in [0.15, 0.2) is 0 Å². The molecule has 1 atom stereocenters. The minimum atomic E-state index is -0.297. The summed E-state index contributed by atoms with van der Waals surface area (Å²) in [5, 5.41) is 3.05. The molecule has 0 unspecified atom stereocenters. The largest absolute Gasteiger partial charge is 0.368 e. The molecule has 3 N–H and O–H groups in total. The topological polar surface area (TPSA) is 55.1 Å². The van der Waals surface area contributed by atoms with Crippen LogP contribution in [-0.2, 0) is 4.79 Å². The number of carbonyl (C=O) groups is 1. The summed E-state index contributed by atoms with van der Waals surface area (Å²) in [6.07, 6.45) is 0. The van der Waals surface area contributed by atoms with Gasteiger partial charge in [-0.25, -0.2) is 0 Å². The normalized spacial score (nSPS) is 14.5. The van der Waals surface area contributed by atoms with E-state index in [1.165, 1.54) is 0 Å². The van der Waals surface area contributed by atoms with Gasteiger partial charge in [-0.2, -0.15) is 0 Å². The second-order valence-electron chi connectivity index (χ2n) is 4.07. The minimum absolute atomic E-state index is 0.198. The molecule has 66 valence electrons. The molecule has 0 aromatic carbocycles. The number of hydrogen-bond acceptors (Lipinski definition) is 2. The van der Waals surface area contributed by atoms with Crippen LogP contribution in [0.5, 0.6) is 0 Å². The molecule has 0 aromatic rings. The van der Waals surface area contributed by atoms with E-state index in [2.05, 4.69) is 26.1 Å². The molecule has 0 bridgehead atoms. The van der Waals surface area contributed by atoms with Crippen LogP contribution in [0.3, 0.4) is 0 Å². The zero-order valence-electron chi connectivity index (χ0n) is 7.77. The Hall–Kier alpha value is -0.570. The summed E-state index contributed by atoms with van der Waals surface area (Å²) in [7, 11) is 0. The van der Waals surface area contributed by atoms with E-state index in [4.69, 9.17) is 5.73 Å². The highest BCUT2D eigenvalue weighted by Crippen LogP contribution is 2.10. The second-order valence-corrected chi connectivity index (χ2v) is 4.07. The number of hydrogen-bond donors (Lipinski definition) is 2. The Kier molecular flexibility index (Phi) is 3.52. The lowest BCUT2D eigenvalue weighted by Gasteiger charge is -2.20. The van der Waals surface area contributed by atoms with Crippen molar-refractivity contribution in [3.63, 3.8) is 0 Å². The van der Waals surface area contributed by atoms with Crippen LogP contribution in [0.2, 0.25) is 0 Å². The summed E-state index contributed by atoms with van der Waals surface area (Å²) < 4.78 is 0. The van der Waals surface area contributed by atoms with Crippen LogP contribution in [0.4, 0.5) is 0 Å². The number of carbonyl (C=O) groups excluding carboxylic acids is 1. The molecule has 1 amide bonds. The zero-order chi connectivity index (χ0) is 9.07. The lowest BCUT2D eigenvalue weighted by Crippen LogP contribution is -2.42. The van der Waals surface area contributed by atoms with Crippen LogP contribution < -0.4 is 11.1 Å². The second kappa shape index (κ2) is 3.72. The number of primary amides is 1. The van der Waals surface area contributed by atoms with Crippen molar-refractivity contribution in [1.29, 1.82) is 0 Å². The van der Waals surface area contributed by atoms with Gasteiger partial charge in [0.1, 0.15) is 0 Å². The number of amides is 1. The van der Waals surface area contributed by atoms with Crippen LogP contribution in [0.25, 0.3) is 0 Å². The SMILES string of the molecule is C[C@@H](NCC(C)(C)C)C(N)=O. The maximum absolute atomic E-state index is 10.6. The third-order valence-corrected chi connectivity index (χ3v) is 1.37. The van der Waals surface area contributed by atoms with E-state index < -0.39 is 0 Å². The molecule has 11 heavy (non-hydrogen) atoms. The van der Waals surface area contributed by atoms with Crippen molar-refractivity contribution in [3.8, 4) is 0 Å². The summed E-state index contributed by atoms with van der Waals surface area (Å²) in [6, 6.07) is -0.228. The maximum Gasteiger partial charge on any atom is 0.234 e. The Bertz CT molecular complexity index is 138. The molecular weight excluding hydrogens is 140 g/mol. The minimum Gasteiger partial charge on any atom is -0.368 e. The van der Waals surface area contributed by atoms with E-state index in [9.17, 15) is 4.79 Å². The van der Waals surface area contributed by atoms with Gasteiger partial charge in [-0.1, -0.05) is 20.8 Å². The number of rotatable bonds is 3. The summed E-state index contributed by atoms with van der Waals surface area (Å²) in [5.74, 6) is -0.297. The van der Waals surface area contributed by atoms with Crippen LogP contribution in [0, 0.1) is 5.41 Å². The molecule has 0 saturated carbocycles. The fraction of sp³-hybridized carbons (Fsp3) is 0.875. The first-order chi connectivity index (χ1) is 4.83. The first kappa shape index (κ1) is 10.4. The summed E-state index contributed by atoms with van der Waals surface area (Å²) in [5.41, 5.74) is 5.26. The van der Waals surface area contributed by atoms with Crippen LogP contribution in [0.15, 0.2) is 0 Å². The van der Waals surface area contributed by atoms with Gasteiger partial charge in [0.2, 0.25) is 5.91 Å². The van der Waals surface area contributed by atoms with Gasteiger partial charge in [0, 0.05) is 6.54 Å². The smallest absolute Gasteiger partial charge is 0.234 e. The standard InChI is InChI=1S/C8H18N2O/c1-6(7(9)11)10-5-8(2,3)4/h6,10H,5H2,1-4H3,(H2,9,11)/t6-/m1/s1. The van der Waals surface area contributed by atoms with Crippen molar-refractivity contribution >= 4 is 5.91 Å². The van der Waals surface area contributed by atoms with Crippen LogP contribution in [-0.4, -0.2) is 18.5 Å². The van der Waals surface area contributed by atoms with Crippen molar-refractivity contribution in [2.45, 2.75) is 33.7 Å². The first-order valence-electron chi connectivity index (χ1n) is 3.85. The fourth-order valence-corrected chi connectivity index (χ4v) is 0.560. The molecule has 0 spiro atoms. The highest BCUT2D eigenvalue weighted by molar-refractivity contribution is 5.79. The Morgan fingerprint density at radius 1 is 1.55 bits per heavy atom. The molecule has 0 aliphatic heterocycles. The van der Waals surface area contributed by atoms with Gasteiger partial charge >= 0.3 is 0 Å². The third kappa shape index (κ3) is 5.85. The van der Waals surface area contributed by atoms with Gasteiger partial charge in [0.25, 0.3) is 0 Å². The first-order valence-corrected chi connectivity index (χ1v) is 3.85.